The molecule has 0 aliphatic rings. The van der Waals surface area contributed by atoms with Crippen LogP contribution in [0, 0.1) is 0 Å². The fourth-order valence-electron chi connectivity index (χ4n) is 2.66. The SMILES string of the molecule is CCOC(=O)CCCCCCCNC(=O)NS(=O)(=O)C=Cc1ccc(OC(C)C)cc1. The Hall–Kier alpha value is -2.55. The fourth-order valence-corrected chi connectivity index (χ4v) is 3.39. The molecule has 0 aromatic heterocycles. The van der Waals surface area contributed by atoms with E-state index >= 15 is 0 Å². The average Bonchev–Trinajstić information content (AvgIpc) is 2.69. The molecule has 2 N–H and O–H groups in total. The molecule has 0 aliphatic carbocycles. The summed E-state index contributed by atoms with van der Waals surface area (Å²) in [5.74, 6) is 0.528. The number of unbranched alkanes of at least 4 members (excludes halogenated alkanes) is 4. The van der Waals surface area contributed by atoms with Crippen molar-refractivity contribution < 1.29 is 27.5 Å². The van der Waals surface area contributed by atoms with Crippen molar-refractivity contribution in [1.29, 1.82) is 0 Å². The predicted molar refractivity (Wildman–Crippen MR) is 121 cm³/mol. The van der Waals surface area contributed by atoms with Crippen LogP contribution >= 0.6 is 0 Å². The maximum Gasteiger partial charge on any atom is 0.328 e. The van der Waals surface area contributed by atoms with Crippen molar-refractivity contribution in [2.45, 2.75) is 65.4 Å². The quantitative estimate of drug-likeness (QED) is 0.325. The number of ether oxygens (including phenoxy) is 2. The average molecular weight is 455 g/mol. The number of hydrogen-bond acceptors (Lipinski definition) is 6. The summed E-state index contributed by atoms with van der Waals surface area (Å²) in [7, 11) is -3.89. The van der Waals surface area contributed by atoms with E-state index in [1.165, 1.54) is 6.08 Å². The molecule has 0 bridgehead atoms. The van der Waals surface area contributed by atoms with Gasteiger partial charge in [-0.15, -0.1) is 0 Å². The summed E-state index contributed by atoms with van der Waals surface area (Å²) in [5.41, 5.74) is 0.671. The molecule has 31 heavy (non-hydrogen) atoms. The number of esters is 1. The largest absolute Gasteiger partial charge is 0.491 e. The molecule has 0 aliphatic heterocycles. The highest BCUT2D eigenvalue weighted by Crippen LogP contribution is 2.15. The van der Waals surface area contributed by atoms with E-state index in [1.54, 1.807) is 31.2 Å². The van der Waals surface area contributed by atoms with Crippen molar-refractivity contribution in [2.24, 2.45) is 0 Å². The van der Waals surface area contributed by atoms with Crippen molar-refractivity contribution in [3.63, 3.8) is 0 Å². The summed E-state index contributed by atoms with van der Waals surface area (Å²) < 4.78 is 36.4. The Kier molecular flexibility index (Phi) is 12.3. The van der Waals surface area contributed by atoms with E-state index < -0.39 is 16.1 Å². The third-order valence-corrected chi connectivity index (χ3v) is 5.04. The molecule has 174 valence electrons. The van der Waals surface area contributed by atoms with Crippen molar-refractivity contribution in [1.82, 2.24) is 10.0 Å². The Labute approximate surface area is 185 Å². The molecule has 0 radical (unpaired) electrons. The Morgan fingerprint density at radius 3 is 2.32 bits per heavy atom. The summed E-state index contributed by atoms with van der Waals surface area (Å²) in [6.45, 7) is 6.40. The smallest absolute Gasteiger partial charge is 0.328 e. The third-order valence-electron chi connectivity index (χ3n) is 4.08. The maximum atomic E-state index is 12.0. The third kappa shape index (κ3) is 13.4. The Balaban J connectivity index is 2.24. The van der Waals surface area contributed by atoms with Gasteiger partial charge in [0, 0.05) is 13.0 Å². The minimum Gasteiger partial charge on any atom is -0.491 e. The number of urea groups is 1. The minimum absolute atomic E-state index is 0.0563. The van der Waals surface area contributed by atoms with Gasteiger partial charge in [-0.05, 0) is 57.4 Å². The summed E-state index contributed by atoms with van der Waals surface area (Å²) >= 11 is 0. The lowest BCUT2D eigenvalue weighted by Crippen LogP contribution is -2.38. The number of amides is 2. The molecule has 9 heteroatoms. The first-order valence-corrected chi connectivity index (χ1v) is 12.2. The van der Waals surface area contributed by atoms with Crippen LogP contribution in [0.3, 0.4) is 0 Å². The second-order valence-corrected chi connectivity index (χ2v) is 8.83. The van der Waals surface area contributed by atoms with Crippen molar-refractivity contribution >= 4 is 28.1 Å². The molecule has 2 amide bonds. The van der Waals surface area contributed by atoms with E-state index in [0.29, 0.717) is 30.9 Å². The van der Waals surface area contributed by atoms with E-state index in [-0.39, 0.29) is 12.1 Å². The van der Waals surface area contributed by atoms with E-state index in [9.17, 15) is 18.0 Å². The molecule has 1 rings (SSSR count). The highest BCUT2D eigenvalue weighted by molar-refractivity contribution is 7.93. The van der Waals surface area contributed by atoms with Crippen LogP contribution in [0.25, 0.3) is 6.08 Å². The van der Waals surface area contributed by atoms with Gasteiger partial charge < -0.3 is 14.8 Å². The number of carbonyl (C=O) groups excluding carboxylic acids is 2. The molecule has 0 atom stereocenters. The molecule has 0 saturated heterocycles. The molecule has 0 spiro atoms. The molecule has 0 fully saturated rings. The van der Waals surface area contributed by atoms with E-state index in [4.69, 9.17) is 9.47 Å². The zero-order chi connectivity index (χ0) is 23.1. The number of nitrogens with one attached hydrogen (secondary N) is 2. The zero-order valence-electron chi connectivity index (χ0n) is 18.6. The molecule has 8 nitrogen and oxygen atoms in total. The van der Waals surface area contributed by atoms with E-state index in [2.05, 4.69) is 5.32 Å². The van der Waals surface area contributed by atoms with Gasteiger partial charge in [-0.2, -0.15) is 0 Å². The number of carbonyl (C=O) groups is 2. The highest BCUT2D eigenvalue weighted by atomic mass is 32.2. The lowest BCUT2D eigenvalue weighted by molar-refractivity contribution is -0.143. The fraction of sp³-hybridized carbons (Fsp3) is 0.545. The van der Waals surface area contributed by atoms with Crippen LogP contribution in [0.1, 0.15) is 64.9 Å². The van der Waals surface area contributed by atoms with Crippen LogP contribution in [0.15, 0.2) is 29.7 Å². The van der Waals surface area contributed by atoms with Crippen LogP contribution in [-0.2, 0) is 19.6 Å². The van der Waals surface area contributed by atoms with Gasteiger partial charge in [0.1, 0.15) is 5.75 Å². The number of benzene rings is 1. The molecule has 0 unspecified atom stereocenters. The molecule has 1 aromatic carbocycles. The number of sulfonamides is 1. The Morgan fingerprint density at radius 1 is 1.03 bits per heavy atom. The summed E-state index contributed by atoms with van der Waals surface area (Å²) in [4.78, 5) is 23.0. The second-order valence-electron chi connectivity index (χ2n) is 7.26. The van der Waals surface area contributed by atoms with Gasteiger partial charge in [-0.25, -0.2) is 17.9 Å². The second kappa shape index (κ2) is 14.5. The van der Waals surface area contributed by atoms with Gasteiger partial charge in [0.05, 0.1) is 18.1 Å². The first-order valence-electron chi connectivity index (χ1n) is 10.6. The molecule has 0 heterocycles. The lowest BCUT2D eigenvalue weighted by Gasteiger charge is -2.09. The van der Waals surface area contributed by atoms with Crippen LogP contribution < -0.4 is 14.8 Å². The first-order chi connectivity index (χ1) is 14.7. The van der Waals surface area contributed by atoms with Gasteiger partial charge in [-0.3, -0.25) is 4.79 Å². The van der Waals surface area contributed by atoms with Crippen molar-refractivity contribution in [3.05, 3.63) is 35.2 Å². The topological polar surface area (TPSA) is 111 Å². The number of hydrogen-bond donors (Lipinski definition) is 2. The molecule has 1 aromatic rings. The zero-order valence-corrected chi connectivity index (χ0v) is 19.4. The maximum absolute atomic E-state index is 12.0. The molecular weight excluding hydrogens is 420 g/mol. The standard InChI is InChI=1S/C22H34N2O6S/c1-4-29-21(25)10-8-6-5-7-9-16-23-22(26)24-31(27,28)17-15-19-11-13-20(14-12-19)30-18(2)3/h11-15,17-18H,4-10,16H2,1-3H3,(H2,23,24,26). The van der Waals surface area contributed by atoms with Gasteiger partial charge in [0.2, 0.25) is 0 Å². The minimum atomic E-state index is -3.89. The van der Waals surface area contributed by atoms with Crippen LogP contribution in [0.4, 0.5) is 4.79 Å². The first kappa shape index (κ1) is 26.5. The van der Waals surface area contributed by atoms with Crippen molar-refractivity contribution in [3.8, 4) is 5.75 Å². The van der Waals surface area contributed by atoms with Gasteiger partial charge in [0.25, 0.3) is 10.0 Å². The monoisotopic (exact) mass is 454 g/mol. The highest BCUT2D eigenvalue weighted by Gasteiger charge is 2.10. The van der Waals surface area contributed by atoms with E-state index in [0.717, 1.165) is 37.5 Å². The van der Waals surface area contributed by atoms with E-state index in [1.807, 2.05) is 18.6 Å². The molecular formula is C22H34N2O6S. The molecule has 0 saturated carbocycles. The van der Waals surface area contributed by atoms with Crippen LogP contribution in [0.2, 0.25) is 0 Å². The lowest BCUT2D eigenvalue weighted by atomic mass is 10.1. The van der Waals surface area contributed by atoms with Gasteiger partial charge in [0.15, 0.2) is 0 Å². The van der Waals surface area contributed by atoms with Crippen LogP contribution in [-0.4, -0.2) is 39.7 Å². The van der Waals surface area contributed by atoms with Gasteiger partial charge >= 0.3 is 12.0 Å². The van der Waals surface area contributed by atoms with Gasteiger partial charge in [-0.1, -0.05) is 31.4 Å². The van der Waals surface area contributed by atoms with Crippen LogP contribution in [0.5, 0.6) is 5.75 Å². The van der Waals surface area contributed by atoms with Crippen molar-refractivity contribution in [2.75, 3.05) is 13.2 Å². The summed E-state index contributed by atoms with van der Waals surface area (Å²) in [6.07, 6.45) is 6.13. The Morgan fingerprint density at radius 2 is 1.68 bits per heavy atom. The number of rotatable bonds is 14. The predicted octanol–water partition coefficient (Wildman–Crippen LogP) is 3.98. The Bertz CT molecular complexity index is 804. The normalized spacial score (nSPS) is 11.5. The summed E-state index contributed by atoms with van der Waals surface area (Å²) in [5, 5.41) is 3.49. The summed E-state index contributed by atoms with van der Waals surface area (Å²) in [6, 6.07) is 6.22.